The Kier molecular flexibility index (Phi) is 5.89. The van der Waals surface area contributed by atoms with Crippen molar-refractivity contribution >= 4 is 33.3 Å². The predicted octanol–water partition coefficient (Wildman–Crippen LogP) is 2.76. The van der Waals surface area contributed by atoms with Gasteiger partial charge in [0.1, 0.15) is 5.82 Å². The summed E-state index contributed by atoms with van der Waals surface area (Å²) >= 11 is 5.94. The van der Waals surface area contributed by atoms with Gasteiger partial charge in [-0.2, -0.15) is 4.31 Å². The molecule has 0 saturated carbocycles. The highest BCUT2D eigenvalue weighted by Crippen LogP contribution is 2.25. The van der Waals surface area contributed by atoms with Crippen molar-refractivity contribution in [1.82, 2.24) is 14.2 Å². The SMILES string of the molecule is CC(C)(C)c1ccc(S(=O)(=O)N2CCN(C(=O)c3cnc(N)c(Cl)c3)CC2)cc1. The second kappa shape index (κ2) is 7.93. The average Bonchev–Trinajstić information content (AvgIpc) is 2.69. The maximum atomic E-state index is 13.0. The zero-order valence-corrected chi connectivity index (χ0v) is 18.3. The van der Waals surface area contributed by atoms with Crippen molar-refractivity contribution in [3.8, 4) is 0 Å². The third-order valence-electron chi connectivity index (χ3n) is 5.00. The maximum Gasteiger partial charge on any atom is 0.255 e. The van der Waals surface area contributed by atoms with Crippen molar-refractivity contribution < 1.29 is 13.2 Å². The van der Waals surface area contributed by atoms with Crippen LogP contribution in [-0.4, -0.2) is 54.7 Å². The number of pyridine rings is 1. The summed E-state index contributed by atoms with van der Waals surface area (Å²) in [6.45, 7) is 7.28. The van der Waals surface area contributed by atoms with Gasteiger partial charge in [-0.15, -0.1) is 0 Å². The number of aromatic nitrogens is 1. The second-order valence-electron chi connectivity index (χ2n) is 8.06. The van der Waals surface area contributed by atoms with E-state index in [0.29, 0.717) is 18.7 Å². The van der Waals surface area contributed by atoms with Gasteiger partial charge < -0.3 is 10.6 Å². The van der Waals surface area contributed by atoms with Crippen molar-refractivity contribution in [1.29, 1.82) is 0 Å². The fourth-order valence-electron chi connectivity index (χ4n) is 3.16. The Bertz CT molecular complexity index is 1010. The number of halogens is 1. The van der Waals surface area contributed by atoms with E-state index in [9.17, 15) is 13.2 Å². The Morgan fingerprint density at radius 3 is 2.21 bits per heavy atom. The highest BCUT2D eigenvalue weighted by atomic mass is 35.5. The van der Waals surface area contributed by atoms with Gasteiger partial charge in [0.2, 0.25) is 10.0 Å². The van der Waals surface area contributed by atoms with Gasteiger partial charge in [0.25, 0.3) is 5.91 Å². The number of piperazine rings is 1. The van der Waals surface area contributed by atoms with E-state index in [0.717, 1.165) is 5.56 Å². The van der Waals surface area contributed by atoms with E-state index in [1.165, 1.54) is 16.6 Å². The van der Waals surface area contributed by atoms with Crippen LogP contribution in [0.4, 0.5) is 5.82 Å². The number of rotatable bonds is 3. The van der Waals surface area contributed by atoms with Gasteiger partial charge >= 0.3 is 0 Å². The lowest BCUT2D eigenvalue weighted by molar-refractivity contribution is 0.0697. The number of sulfonamides is 1. The van der Waals surface area contributed by atoms with Crippen molar-refractivity contribution in [3.63, 3.8) is 0 Å². The number of nitrogen functional groups attached to an aromatic ring is 1. The zero-order valence-electron chi connectivity index (χ0n) is 16.7. The largest absolute Gasteiger partial charge is 0.382 e. The molecule has 0 spiro atoms. The first-order valence-corrected chi connectivity index (χ1v) is 11.1. The number of amides is 1. The number of hydrogen-bond acceptors (Lipinski definition) is 5. The standard InChI is InChI=1S/C20H25ClN4O3S/c1-20(2,3)15-4-6-16(7-5-15)29(27,28)25-10-8-24(9-11-25)19(26)14-12-17(21)18(22)23-13-14/h4-7,12-13H,8-11H2,1-3H3,(H2,22,23). The molecule has 0 aliphatic carbocycles. The molecule has 0 radical (unpaired) electrons. The fourth-order valence-corrected chi connectivity index (χ4v) is 4.74. The molecule has 7 nitrogen and oxygen atoms in total. The summed E-state index contributed by atoms with van der Waals surface area (Å²) in [5.41, 5.74) is 6.94. The summed E-state index contributed by atoms with van der Waals surface area (Å²) in [4.78, 5) is 18.4. The quantitative estimate of drug-likeness (QED) is 0.797. The van der Waals surface area contributed by atoms with E-state index in [1.54, 1.807) is 17.0 Å². The molecule has 1 aromatic heterocycles. The highest BCUT2D eigenvalue weighted by Gasteiger charge is 2.31. The van der Waals surface area contributed by atoms with E-state index in [4.69, 9.17) is 17.3 Å². The highest BCUT2D eigenvalue weighted by molar-refractivity contribution is 7.89. The number of anilines is 1. The van der Waals surface area contributed by atoms with Crippen LogP contribution in [0.2, 0.25) is 5.02 Å². The molecule has 156 valence electrons. The molecule has 0 bridgehead atoms. The van der Waals surface area contributed by atoms with Crippen LogP contribution in [0.25, 0.3) is 0 Å². The lowest BCUT2D eigenvalue weighted by Gasteiger charge is -2.34. The van der Waals surface area contributed by atoms with Crippen LogP contribution in [0.1, 0.15) is 36.7 Å². The third-order valence-corrected chi connectivity index (χ3v) is 7.22. The Morgan fingerprint density at radius 2 is 1.69 bits per heavy atom. The minimum Gasteiger partial charge on any atom is -0.382 e. The molecule has 1 aromatic carbocycles. The molecular formula is C20H25ClN4O3S. The number of nitrogens with zero attached hydrogens (tertiary/aromatic N) is 3. The Hall–Kier alpha value is -2.16. The van der Waals surface area contributed by atoms with Gasteiger partial charge in [0.15, 0.2) is 0 Å². The Morgan fingerprint density at radius 1 is 1.10 bits per heavy atom. The van der Waals surface area contributed by atoms with Gasteiger partial charge in [-0.05, 0) is 29.2 Å². The summed E-state index contributed by atoms with van der Waals surface area (Å²) in [5.74, 6) is -0.0809. The summed E-state index contributed by atoms with van der Waals surface area (Å²) in [6, 6.07) is 8.48. The van der Waals surface area contributed by atoms with Crippen molar-refractivity contribution in [2.75, 3.05) is 31.9 Å². The molecule has 1 aliphatic heterocycles. The maximum absolute atomic E-state index is 13.0. The first-order valence-electron chi connectivity index (χ1n) is 9.31. The first kappa shape index (κ1) is 21.5. The molecule has 1 fully saturated rings. The molecular weight excluding hydrogens is 412 g/mol. The smallest absolute Gasteiger partial charge is 0.255 e. The van der Waals surface area contributed by atoms with Crippen molar-refractivity contribution in [2.24, 2.45) is 0 Å². The number of carbonyl (C=O) groups excluding carboxylic acids is 1. The van der Waals surface area contributed by atoms with Gasteiger partial charge in [-0.1, -0.05) is 44.5 Å². The zero-order chi connectivity index (χ0) is 21.4. The van der Waals surface area contributed by atoms with E-state index in [1.807, 2.05) is 12.1 Å². The Balaban J connectivity index is 1.69. The molecule has 29 heavy (non-hydrogen) atoms. The van der Waals surface area contributed by atoms with Crippen LogP contribution in [0.15, 0.2) is 41.4 Å². The lowest BCUT2D eigenvalue weighted by atomic mass is 9.87. The second-order valence-corrected chi connectivity index (χ2v) is 10.4. The van der Waals surface area contributed by atoms with Gasteiger partial charge in [0.05, 0.1) is 15.5 Å². The topological polar surface area (TPSA) is 96.6 Å². The van der Waals surface area contributed by atoms with Crippen LogP contribution in [0.3, 0.4) is 0 Å². The van der Waals surface area contributed by atoms with Crippen LogP contribution in [-0.2, 0) is 15.4 Å². The van der Waals surface area contributed by atoms with Gasteiger partial charge in [-0.25, -0.2) is 13.4 Å². The van der Waals surface area contributed by atoms with E-state index >= 15 is 0 Å². The monoisotopic (exact) mass is 436 g/mol. The molecule has 2 aromatic rings. The van der Waals surface area contributed by atoms with E-state index < -0.39 is 10.0 Å². The number of hydrogen-bond donors (Lipinski definition) is 1. The van der Waals surface area contributed by atoms with Gasteiger partial charge in [0, 0.05) is 32.4 Å². The van der Waals surface area contributed by atoms with Crippen LogP contribution in [0, 0.1) is 0 Å². The fraction of sp³-hybridized carbons (Fsp3) is 0.400. The van der Waals surface area contributed by atoms with Crippen molar-refractivity contribution in [3.05, 3.63) is 52.7 Å². The number of nitrogens with two attached hydrogens (primary N) is 1. The first-order chi connectivity index (χ1) is 13.5. The predicted molar refractivity (Wildman–Crippen MR) is 113 cm³/mol. The minimum absolute atomic E-state index is 0.0475. The molecule has 1 saturated heterocycles. The number of benzene rings is 1. The molecule has 2 heterocycles. The summed E-state index contributed by atoms with van der Waals surface area (Å²) in [7, 11) is -3.61. The molecule has 9 heteroatoms. The summed E-state index contributed by atoms with van der Waals surface area (Å²) in [6.07, 6.45) is 1.38. The average molecular weight is 437 g/mol. The van der Waals surface area contributed by atoms with Crippen molar-refractivity contribution in [2.45, 2.75) is 31.1 Å². The van der Waals surface area contributed by atoms with E-state index in [-0.39, 0.29) is 40.1 Å². The van der Waals surface area contributed by atoms with Crippen LogP contribution in [0.5, 0.6) is 0 Å². The lowest BCUT2D eigenvalue weighted by Crippen LogP contribution is -2.50. The summed E-state index contributed by atoms with van der Waals surface area (Å²) in [5, 5.41) is 0.218. The molecule has 2 N–H and O–H groups in total. The summed E-state index contributed by atoms with van der Waals surface area (Å²) < 4.78 is 27.3. The number of carbonyl (C=O) groups is 1. The molecule has 3 rings (SSSR count). The van der Waals surface area contributed by atoms with Crippen LogP contribution < -0.4 is 5.73 Å². The molecule has 1 amide bonds. The van der Waals surface area contributed by atoms with Gasteiger partial charge in [-0.3, -0.25) is 4.79 Å². The molecule has 0 atom stereocenters. The van der Waals surface area contributed by atoms with Crippen LogP contribution >= 0.6 is 11.6 Å². The molecule has 1 aliphatic rings. The molecule has 0 unspecified atom stereocenters. The van der Waals surface area contributed by atoms with E-state index in [2.05, 4.69) is 25.8 Å². The normalized spacial score (nSPS) is 16.1. The minimum atomic E-state index is -3.61. The third kappa shape index (κ3) is 4.55. The Labute approximate surface area is 176 Å².